The van der Waals surface area contributed by atoms with Gasteiger partial charge in [0, 0.05) is 49.6 Å². The Hall–Kier alpha value is -3.98. The summed E-state index contributed by atoms with van der Waals surface area (Å²) in [5.41, 5.74) is -0.0357. The standard InChI is InChI=1S/C31H37N3O10S2/c1-31(2,3)44-28(36)7-5-4-6-27(35)32-16-17-33(26-20-46-45-19-25(26)32)29(37)42-23-12-8-21(9-13-23)18-41-30(38)43-24-14-10-22(11-15-24)34(39)40/h8-15,25-26H,4-7,16-20H2,1-3H3/t25-,26?/m1/s1. The number of nitro groups is 1. The van der Waals surface area contributed by atoms with Gasteiger partial charge in [-0.1, -0.05) is 33.7 Å². The zero-order valence-corrected chi connectivity index (χ0v) is 27.5. The van der Waals surface area contributed by atoms with E-state index in [1.807, 2.05) is 25.7 Å². The van der Waals surface area contributed by atoms with Gasteiger partial charge in [-0.05, 0) is 63.4 Å². The molecule has 2 amide bonds. The van der Waals surface area contributed by atoms with E-state index in [1.165, 1.54) is 24.3 Å². The minimum atomic E-state index is -0.971. The number of esters is 1. The van der Waals surface area contributed by atoms with Crippen LogP contribution < -0.4 is 9.47 Å². The number of non-ortho nitro benzene ring substituents is 1. The number of rotatable bonds is 10. The SMILES string of the molecule is CC(C)(C)OC(=O)CCCCC(=O)N1CCN(C(=O)Oc2ccc(COC(=O)Oc3ccc([N+](=O)[O-])cc3)cc2)C2CSSC[C@H]21. The van der Waals surface area contributed by atoms with E-state index < -0.39 is 22.8 Å². The highest BCUT2D eigenvalue weighted by Gasteiger charge is 2.43. The van der Waals surface area contributed by atoms with Gasteiger partial charge >= 0.3 is 18.2 Å². The van der Waals surface area contributed by atoms with Gasteiger partial charge in [0.2, 0.25) is 5.91 Å². The molecule has 13 nitrogen and oxygen atoms in total. The number of hydrogen-bond acceptors (Lipinski definition) is 12. The summed E-state index contributed by atoms with van der Waals surface area (Å²) in [6, 6.07) is 11.2. The molecule has 248 valence electrons. The molecule has 2 aromatic carbocycles. The lowest BCUT2D eigenvalue weighted by Crippen LogP contribution is -2.65. The molecule has 0 saturated carbocycles. The highest BCUT2D eigenvalue weighted by Crippen LogP contribution is 2.37. The number of amides is 2. The summed E-state index contributed by atoms with van der Waals surface area (Å²) in [5, 5.41) is 10.7. The van der Waals surface area contributed by atoms with Crippen molar-refractivity contribution < 1.29 is 43.0 Å². The summed E-state index contributed by atoms with van der Waals surface area (Å²) in [5.74, 6) is 1.55. The van der Waals surface area contributed by atoms with E-state index >= 15 is 0 Å². The molecule has 2 saturated heterocycles. The van der Waals surface area contributed by atoms with E-state index in [0.717, 1.165) is 0 Å². The first-order chi connectivity index (χ1) is 21.9. The van der Waals surface area contributed by atoms with Crippen LogP contribution >= 0.6 is 21.6 Å². The van der Waals surface area contributed by atoms with Crippen molar-refractivity contribution in [3.63, 3.8) is 0 Å². The second kappa shape index (κ2) is 16.0. The average molecular weight is 676 g/mol. The number of carbonyl (C=O) groups excluding carboxylic acids is 4. The van der Waals surface area contributed by atoms with E-state index in [1.54, 1.807) is 50.8 Å². The van der Waals surface area contributed by atoms with Crippen molar-refractivity contribution in [2.24, 2.45) is 0 Å². The number of benzene rings is 2. The molecule has 46 heavy (non-hydrogen) atoms. The second-order valence-electron chi connectivity index (χ2n) is 11.7. The van der Waals surface area contributed by atoms with Crippen molar-refractivity contribution in [1.29, 1.82) is 0 Å². The molecule has 0 N–H and O–H groups in total. The first-order valence-electron chi connectivity index (χ1n) is 14.8. The van der Waals surface area contributed by atoms with E-state index in [2.05, 4.69) is 0 Å². The third kappa shape index (κ3) is 10.3. The van der Waals surface area contributed by atoms with Crippen molar-refractivity contribution in [2.75, 3.05) is 24.6 Å². The highest BCUT2D eigenvalue weighted by molar-refractivity contribution is 8.76. The van der Waals surface area contributed by atoms with Crippen LogP contribution in [0.2, 0.25) is 0 Å². The van der Waals surface area contributed by atoms with Crippen molar-refractivity contribution in [1.82, 2.24) is 9.80 Å². The Labute approximate surface area is 274 Å². The molecule has 2 aliphatic rings. The maximum atomic E-state index is 13.2. The number of hydrogen-bond donors (Lipinski definition) is 0. The Morgan fingerprint density at radius 1 is 0.848 bits per heavy atom. The number of fused-ring (bicyclic) bond motifs is 1. The number of carbonyl (C=O) groups is 4. The smallest absolute Gasteiger partial charge is 0.460 e. The zero-order valence-electron chi connectivity index (χ0n) is 25.9. The van der Waals surface area contributed by atoms with Crippen LogP contribution in [-0.4, -0.2) is 81.1 Å². The lowest BCUT2D eigenvalue weighted by atomic mass is 10.0. The summed E-state index contributed by atoms with van der Waals surface area (Å²) >= 11 is 0. The molecule has 2 atom stereocenters. The molecule has 0 bridgehead atoms. The van der Waals surface area contributed by atoms with E-state index in [9.17, 15) is 29.3 Å². The fourth-order valence-electron chi connectivity index (χ4n) is 4.94. The van der Waals surface area contributed by atoms with Crippen LogP contribution in [-0.2, 0) is 25.7 Å². The molecule has 15 heteroatoms. The monoisotopic (exact) mass is 675 g/mol. The maximum absolute atomic E-state index is 13.2. The van der Waals surface area contributed by atoms with Gasteiger partial charge in [-0.25, -0.2) is 9.59 Å². The van der Waals surface area contributed by atoms with E-state index in [-0.39, 0.29) is 48.4 Å². The van der Waals surface area contributed by atoms with Crippen molar-refractivity contribution in [3.8, 4) is 11.5 Å². The van der Waals surface area contributed by atoms with Gasteiger partial charge in [0.1, 0.15) is 23.7 Å². The largest absolute Gasteiger partial charge is 0.514 e. The molecule has 2 aliphatic heterocycles. The topological polar surface area (TPSA) is 155 Å². The molecular formula is C31H37N3O10S2. The van der Waals surface area contributed by atoms with Gasteiger partial charge in [-0.15, -0.1) is 0 Å². The van der Waals surface area contributed by atoms with Gasteiger partial charge in [0.15, 0.2) is 0 Å². The molecule has 2 fully saturated rings. The first-order valence-corrected chi connectivity index (χ1v) is 17.3. The number of nitrogens with zero attached hydrogens (tertiary/aromatic N) is 3. The van der Waals surface area contributed by atoms with Crippen molar-refractivity contribution in [3.05, 3.63) is 64.2 Å². The Bertz CT molecular complexity index is 1400. The summed E-state index contributed by atoms with van der Waals surface area (Å²) < 4.78 is 21.1. The number of ether oxygens (including phenoxy) is 4. The average Bonchev–Trinajstić information content (AvgIpc) is 3.01. The van der Waals surface area contributed by atoms with Crippen LogP contribution in [0.1, 0.15) is 52.0 Å². The summed E-state index contributed by atoms with van der Waals surface area (Å²) in [7, 11) is 3.34. The van der Waals surface area contributed by atoms with E-state index in [0.29, 0.717) is 55.2 Å². The minimum Gasteiger partial charge on any atom is -0.460 e. The molecular weight excluding hydrogens is 638 g/mol. The zero-order chi connectivity index (χ0) is 33.3. The van der Waals surface area contributed by atoms with Crippen LogP contribution in [0.15, 0.2) is 48.5 Å². The molecule has 0 spiro atoms. The Balaban J connectivity index is 1.23. The lowest BCUT2D eigenvalue weighted by Gasteiger charge is -2.48. The van der Waals surface area contributed by atoms with Gasteiger partial charge in [0.05, 0.1) is 17.0 Å². The van der Waals surface area contributed by atoms with Gasteiger partial charge in [-0.3, -0.25) is 19.7 Å². The predicted octanol–water partition coefficient (Wildman–Crippen LogP) is 5.99. The summed E-state index contributed by atoms with van der Waals surface area (Å²) in [6.07, 6.45) is 0.292. The molecule has 4 rings (SSSR count). The normalized spacial score (nSPS) is 17.8. The quantitative estimate of drug-likeness (QED) is 0.0726. The minimum absolute atomic E-state index is 0.0224. The third-order valence-corrected chi connectivity index (χ3v) is 9.56. The maximum Gasteiger partial charge on any atom is 0.514 e. The molecule has 2 heterocycles. The fraction of sp³-hybridized carbons (Fsp3) is 0.484. The van der Waals surface area contributed by atoms with Crippen LogP contribution in [0, 0.1) is 10.1 Å². The second-order valence-corrected chi connectivity index (χ2v) is 14.2. The summed E-state index contributed by atoms with van der Waals surface area (Å²) in [4.78, 5) is 64.1. The van der Waals surface area contributed by atoms with E-state index in [4.69, 9.17) is 18.9 Å². The molecule has 1 unspecified atom stereocenters. The van der Waals surface area contributed by atoms with Gasteiger partial charge in [-0.2, -0.15) is 0 Å². The first kappa shape index (κ1) is 34.9. The Kier molecular flexibility index (Phi) is 12.2. The van der Waals surface area contributed by atoms with Crippen LogP contribution in [0.3, 0.4) is 0 Å². The van der Waals surface area contributed by atoms with Crippen molar-refractivity contribution >= 4 is 51.4 Å². The molecule has 0 aromatic heterocycles. The Morgan fingerprint density at radius 2 is 1.41 bits per heavy atom. The van der Waals surface area contributed by atoms with Gasteiger partial charge < -0.3 is 28.7 Å². The lowest BCUT2D eigenvalue weighted by molar-refractivity contribution is -0.384. The third-order valence-electron chi connectivity index (χ3n) is 7.12. The molecule has 0 aliphatic carbocycles. The number of piperazine rings is 1. The fourth-order valence-corrected chi connectivity index (χ4v) is 7.62. The van der Waals surface area contributed by atoms with Crippen LogP contribution in [0.4, 0.5) is 15.3 Å². The highest BCUT2D eigenvalue weighted by atomic mass is 33.1. The molecule has 2 aromatic rings. The van der Waals surface area contributed by atoms with Crippen LogP contribution in [0.25, 0.3) is 0 Å². The van der Waals surface area contributed by atoms with Crippen molar-refractivity contribution in [2.45, 2.75) is 70.7 Å². The summed E-state index contributed by atoms with van der Waals surface area (Å²) in [6.45, 7) is 6.12. The number of nitro benzene ring substituents is 1. The number of unbranched alkanes of at least 4 members (excludes halogenated alkanes) is 1. The Morgan fingerprint density at radius 3 is 2.04 bits per heavy atom. The van der Waals surface area contributed by atoms with Gasteiger partial charge in [0.25, 0.3) is 5.69 Å². The van der Waals surface area contributed by atoms with Crippen LogP contribution in [0.5, 0.6) is 11.5 Å². The molecule has 0 radical (unpaired) electrons. The predicted molar refractivity (Wildman–Crippen MR) is 172 cm³/mol.